The van der Waals surface area contributed by atoms with Gasteiger partial charge in [0.15, 0.2) is 0 Å². The third-order valence-corrected chi connectivity index (χ3v) is 5.98. The van der Waals surface area contributed by atoms with Gasteiger partial charge in [-0.2, -0.15) is 0 Å². The second-order valence-electron chi connectivity index (χ2n) is 8.82. The number of nitro groups is 1. The van der Waals surface area contributed by atoms with Crippen molar-refractivity contribution in [1.29, 1.82) is 0 Å². The van der Waals surface area contributed by atoms with Crippen molar-refractivity contribution in [3.8, 4) is 0 Å². The van der Waals surface area contributed by atoms with Crippen LogP contribution < -0.4 is 0 Å². The number of fused-ring (bicyclic) bond motifs is 1. The fourth-order valence-corrected chi connectivity index (χ4v) is 4.41. The van der Waals surface area contributed by atoms with Crippen molar-refractivity contribution >= 4 is 17.7 Å². The van der Waals surface area contributed by atoms with E-state index in [-0.39, 0.29) is 29.6 Å². The molecule has 1 saturated heterocycles. The number of carboxylic acid groups (broad SMARTS) is 1. The minimum absolute atomic E-state index is 0.00378. The van der Waals surface area contributed by atoms with Gasteiger partial charge in [-0.25, -0.2) is 4.79 Å². The van der Waals surface area contributed by atoms with Gasteiger partial charge in [-0.05, 0) is 36.7 Å². The van der Waals surface area contributed by atoms with E-state index < -0.39 is 11.0 Å². The monoisotopic (exact) mass is 389 g/mol. The van der Waals surface area contributed by atoms with E-state index in [0.717, 1.165) is 19.3 Å². The van der Waals surface area contributed by atoms with Gasteiger partial charge in [0.05, 0.1) is 22.6 Å². The Bertz CT molecular complexity index is 802. The van der Waals surface area contributed by atoms with Gasteiger partial charge in [0.1, 0.15) is 0 Å². The topological polar surface area (TPSA) is 104 Å². The zero-order valence-electron chi connectivity index (χ0n) is 16.6. The first kappa shape index (κ1) is 20.1. The molecule has 2 atom stereocenters. The van der Waals surface area contributed by atoms with E-state index >= 15 is 0 Å². The van der Waals surface area contributed by atoms with Gasteiger partial charge in [-0.15, -0.1) is 0 Å². The molecule has 0 radical (unpaired) electrons. The van der Waals surface area contributed by atoms with Crippen LogP contribution >= 0.6 is 0 Å². The predicted molar refractivity (Wildman–Crippen MR) is 103 cm³/mol. The fraction of sp³-hybridized carbons (Fsp3) is 0.600. The first-order valence-electron chi connectivity index (χ1n) is 9.64. The summed E-state index contributed by atoms with van der Waals surface area (Å²) < 4.78 is 0. The second-order valence-corrected chi connectivity index (χ2v) is 8.82. The van der Waals surface area contributed by atoms with Gasteiger partial charge < -0.3 is 14.9 Å². The van der Waals surface area contributed by atoms with Gasteiger partial charge in [0, 0.05) is 25.2 Å². The Morgan fingerprint density at radius 3 is 2.68 bits per heavy atom. The van der Waals surface area contributed by atoms with Gasteiger partial charge >= 0.3 is 6.09 Å². The summed E-state index contributed by atoms with van der Waals surface area (Å²) in [6, 6.07) is 4.57. The van der Waals surface area contributed by atoms with Crippen LogP contribution in [0, 0.1) is 21.4 Å². The second kappa shape index (κ2) is 7.41. The third kappa shape index (κ3) is 3.81. The van der Waals surface area contributed by atoms with Crippen LogP contribution in [-0.2, 0) is 6.54 Å². The van der Waals surface area contributed by atoms with Crippen LogP contribution in [0.4, 0.5) is 10.5 Å². The maximum Gasteiger partial charge on any atom is 0.407 e. The molecule has 2 aliphatic heterocycles. The number of piperidine rings is 1. The molecule has 2 amide bonds. The Morgan fingerprint density at radius 2 is 2.07 bits per heavy atom. The van der Waals surface area contributed by atoms with Gasteiger partial charge in [-0.3, -0.25) is 14.9 Å². The molecule has 3 rings (SSSR count). The Labute approximate surface area is 164 Å². The summed E-state index contributed by atoms with van der Waals surface area (Å²) in [5, 5.41) is 20.7. The molecule has 0 aliphatic carbocycles. The van der Waals surface area contributed by atoms with Crippen molar-refractivity contribution in [2.75, 3.05) is 13.1 Å². The largest absolute Gasteiger partial charge is 0.465 e. The lowest BCUT2D eigenvalue weighted by Crippen LogP contribution is -2.51. The molecule has 0 saturated carbocycles. The summed E-state index contributed by atoms with van der Waals surface area (Å²) in [7, 11) is 0. The lowest BCUT2D eigenvalue weighted by Gasteiger charge is -2.44. The van der Waals surface area contributed by atoms with Crippen molar-refractivity contribution < 1.29 is 19.6 Å². The average Bonchev–Trinajstić information content (AvgIpc) is 2.95. The number of rotatable bonds is 4. The summed E-state index contributed by atoms with van der Waals surface area (Å²) in [4.78, 5) is 38.2. The maximum atomic E-state index is 12.6. The van der Waals surface area contributed by atoms with E-state index in [4.69, 9.17) is 0 Å². The number of likely N-dealkylation sites (tertiary alicyclic amines) is 1. The fourth-order valence-electron chi connectivity index (χ4n) is 4.41. The van der Waals surface area contributed by atoms with Gasteiger partial charge in [0.25, 0.3) is 11.6 Å². The van der Waals surface area contributed by atoms with Crippen LogP contribution in [0.25, 0.3) is 0 Å². The molecule has 0 aromatic heterocycles. The normalized spacial score (nSPS) is 22.3. The summed E-state index contributed by atoms with van der Waals surface area (Å²) in [5.74, 6) is 0.167. The third-order valence-electron chi connectivity index (χ3n) is 5.98. The average molecular weight is 389 g/mol. The van der Waals surface area contributed by atoms with Crippen LogP contribution in [0.1, 0.15) is 56.0 Å². The van der Waals surface area contributed by atoms with E-state index in [0.29, 0.717) is 30.1 Å². The van der Waals surface area contributed by atoms with Crippen LogP contribution in [0.3, 0.4) is 0 Å². The molecule has 1 fully saturated rings. The molecule has 0 spiro atoms. The quantitative estimate of drug-likeness (QED) is 0.624. The summed E-state index contributed by atoms with van der Waals surface area (Å²) in [5.41, 5.74) is 0.751. The molecule has 2 aliphatic rings. The number of carbonyl (C=O) groups excluding carboxylic acids is 1. The van der Waals surface area contributed by atoms with Crippen LogP contribution in [0.2, 0.25) is 0 Å². The molecule has 1 N–H and O–H groups in total. The number of hydrogen-bond donors (Lipinski definition) is 1. The number of benzene rings is 1. The summed E-state index contributed by atoms with van der Waals surface area (Å²) >= 11 is 0. The Balaban J connectivity index is 1.65. The zero-order chi connectivity index (χ0) is 20.6. The molecule has 2 unspecified atom stereocenters. The highest BCUT2D eigenvalue weighted by molar-refractivity contribution is 5.99. The first-order chi connectivity index (χ1) is 13.1. The molecule has 2 heterocycles. The van der Waals surface area contributed by atoms with E-state index in [1.165, 1.54) is 11.0 Å². The van der Waals surface area contributed by atoms with Crippen molar-refractivity contribution in [3.63, 3.8) is 0 Å². The van der Waals surface area contributed by atoms with Crippen LogP contribution in [-0.4, -0.2) is 51.0 Å². The lowest BCUT2D eigenvalue weighted by molar-refractivity contribution is -0.385. The molecule has 8 nitrogen and oxygen atoms in total. The van der Waals surface area contributed by atoms with E-state index in [1.54, 1.807) is 17.0 Å². The standard InChI is InChI=1S/C20H27N3O5/c1-20(2,3)17-11-13(8-10-22(17)19(25)26)7-9-21-12-15-14(18(21)24)5-4-6-16(15)23(27)28/h4-6,13,17H,7-12H2,1-3H3,(H,25,26). The highest BCUT2D eigenvalue weighted by Crippen LogP contribution is 2.37. The molecule has 8 heteroatoms. The maximum absolute atomic E-state index is 12.6. The van der Waals surface area contributed by atoms with E-state index in [1.807, 2.05) is 0 Å². The first-order valence-corrected chi connectivity index (χ1v) is 9.64. The van der Waals surface area contributed by atoms with Crippen LogP contribution in [0.5, 0.6) is 0 Å². The lowest BCUT2D eigenvalue weighted by atomic mass is 9.76. The van der Waals surface area contributed by atoms with Gasteiger partial charge in [-0.1, -0.05) is 26.8 Å². The highest BCUT2D eigenvalue weighted by Gasteiger charge is 2.39. The van der Waals surface area contributed by atoms with Crippen LogP contribution in [0.15, 0.2) is 18.2 Å². The molecule has 152 valence electrons. The molecule has 1 aromatic rings. The Hall–Kier alpha value is -2.64. The summed E-state index contributed by atoms with van der Waals surface area (Å²) in [6.45, 7) is 7.45. The number of carbonyl (C=O) groups is 2. The summed E-state index contributed by atoms with van der Waals surface area (Å²) in [6.07, 6.45) is 1.43. The minimum atomic E-state index is -0.879. The molecular weight excluding hydrogens is 362 g/mol. The molecule has 1 aromatic carbocycles. The van der Waals surface area contributed by atoms with Crippen molar-refractivity contribution in [2.24, 2.45) is 11.3 Å². The smallest absolute Gasteiger partial charge is 0.407 e. The Kier molecular flexibility index (Phi) is 5.32. The van der Waals surface area contributed by atoms with E-state index in [2.05, 4.69) is 20.8 Å². The minimum Gasteiger partial charge on any atom is -0.465 e. The van der Waals surface area contributed by atoms with Crippen molar-refractivity contribution in [2.45, 2.75) is 52.6 Å². The number of hydrogen-bond acceptors (Lipinski definition) is 4. The zero-order valence-corrected chi connectivity index (χ0v) is 16.6. The van der Waals surface area contributed by atoms with E-state index in [9.17, 15) is 24.8 Å². The molecular formula is C20H27N3O5. The number of nitrogens with zero attached hydrogens (tertiary/aromatic N) is 3. The highest BCUT2D eigenvalue weighted by atomic mass is 16.6. The SMILES string of the molecule is CC(C)(C)C1CC(CCN2Cc3c(cccc3[N+](=O)[O-])C2=O)CCN1C(=O)O. The van der Waals surface area contributed by atoms with Gasteiger partial charge in [0.2, 0.25) is 0 Å². The predicted octanol–water partition coefficient (Wildman–Crippen LogP) is 3.75. The molecule has 28 heavy (non-hydrogen) atoms. The number of amides is 2. The number of nitro benzene ring substituents is 1. The van der Waals surface area contributed by atoms with Crippen molar-refractivity contribution in [3.05, 3.63) is 39.4 Å². The Morgan fingerprint density at radius 1 is 1.36 bits per heavy atom. The molecule has 0 bridgehead atoms. The van der Waals surface area contributed by atoms with Crippen molar-refractivity contribution in [1.82, 2.24) is 9.80 Å².